The van der Waals surface area contributed by atoms with Gasteiger partial charge in [-0.25, -0.2) is 4.79 Å². The smallest absolute Gasteiger partial charge is 0.393 e. The molecular formula is C16H22F3N3O2. The first-order valence-electron chi connectivity index (χ1n) is 7.80. The fourth-order valence-corrected chi connectivity index (χ4v) is 2.80. The molecule has 0 unspecified atom stereocenters. The van der Waals surface area contributed by atoms with Crippen molar-refractivity contribution in [2.24, 2.45) is 5.92 Å². The lowest BCUT2D eigenvalue weighted by molar-refractivity contribution is -0.136. The highest BCUT2D eigenvalue weighted by atomic mass is 19.4. The highest BCUT2D eigenvalue weighted by Gasteiger charge is 2.34. The molecule has 0 heterocycles. The first kappa shape index (κ1) is 18.4. The molecule has 0 radical (unpaired) electrons. The quantitative estimate of drug-likeness (QED) is 0.786. The van der Waals surface area contributed by atoms with Crippen molar-refractivity contribution >= 4 is 17.4 Å². The molecule has 1 saturated carbocycles. The first-order chi connectivity index (χ1) is 11.2. The number of amides is 2. The van der Waals surface area contributed by atoms with Gasteiger partial charge in [-0.1, -0.05) is 6.42 Å². The molecule has 8 heteroatoms. The van der Waals surface area contributed by atoms with Crippen molar-refractivity contribution in [2.75, 3.05) is 30.9 Å². The number of rotatable bonds is 4. The predicted octanol–water partition coefficient (Wildman–Crippen LogP) is 3.05. The number of benzene rings is 1. The van der Waals surface area contributed by atoms with Crippen LogP contribution < -0.4 is 15.5 Å². The highest BCUT2D eigenvalue weighted by Crippen LogP contribution is 2.37. The summed E-state index contributed by atoms with van der Waals surface area (Å²) in [6.07, 6.45) is -2.66. The predicted molar refractivity (Wildman–Crippen MR) is 86.1 cm³/mol. The van der Waals surface area contributed by atoms with Gasteiger partial charge < -0.3 is 20.6 Å². The number of halogens is 3. The summed E-state index contributed by atoms with van der Waals surface area (Å²) in [5.41, 5.74) is -0.801. The third-order valence-electron chi connectivity index (χ3n) is 4.22. The summed E-state index contributed by atoms with van der Waals surface area (Å²) in [4.78, 5) is 13.4. The van der Waals surface area contributed by atoms with E-state index >= 15 is 0 Å². The Morgan fingerprint density at radius 2 is 2.04 bits per heavy atom. The van der Waals surface area contributed by atoms with Crippen molar-refractivity contribution in [1.82, 2.24) is 5.32 Å². The molecule has 3 N–H and O–H groups in total. The van der Waals surface area contributed by atoms with Crippen LogP contribution in [0.2, 0.25) is 0 Å². The van der Waals surface area contributed by atoms with E-state index in [2.05, 4.69) is 10.6 Å². The van der Waals surface area contributed by atoms with Gasteiger partial charge in [-0.15, -0.1) is 0 Å². The molecule has 2 atom stereocenters. The molecule has 1 aromatic carbocycles. The minimum atomic E-state index is -4.57. The zero-order valence-electron chi connectivity index (χ0n) is 13.7. The molecule has 134 valence electrons. The monoisotopic (exact) mass is 345 g/mol. The van der Waals surface area contributed by atoms with Crippen LogP contribution in [0.5, 0.6) is 0 Å². The van der Waals surface area contributed by atoms with Gasteiger partial charge in [-0.3, -0.25) is 0 Å². The number of nitrogens with zero attached hydrogens (tertiary/aromatic N) is 1. The van der Waals surface area contributed by atoms with Gasteiger partial charge in [-0.2, -0.15) is 13.2 Å². The zero-order valence-corrected chi connectivity index (χ0v) is 13.7. The Morgan fingerprint density at radius 3 is 2.58 bits per heavy atom. The Bertz CT molecular complexity index is 590. The van der Waals surface area contributed by atoms with E-state index in [4.69, 9.17) is 0 Å². The summed E-state index contributed by atoms with van der Waals surface area (Å²) in [5.74, 6) is -0.0473. The fraction of sp³-hybridized carbons (Fsp3) is 0.562. The van der Waals surface area contributed by atoms with Gasteiger partial charge in [0.2, 0.25) is 0 Å². The van der Waals surface area contributed by atoms with Gasteiger partial charge >= 0.3 is 12.2 Å². The summed E-state index contributed by atoms with van der Waals surface area (Å²) in [7, 11) is 3.28. The summed E-state index contributed by atoms with van der Waals surface area (Å²) >= 11 is 0. The molecule has 0 bridgehead atoms. The first-order valence-corrected chi connectivity index (χ1v) is 7.80. The van der Waals surface area contributed by atoms with Crippen LogP contribution >= 0.6 is 0 Å². The number of hydrogen-bond acceptors (Lipinski definition) is 3. The maximum Gasteiger partial charge on any atom is 0.418 e. The Hall–Kier alpha value is -1.96. The number of aliphatic hydroxyl groups is 1. The summed E-state index contributed by atoms with van der Waals surface area (Å²) < 4.78 is 39.6. The third-order valence-corrected chi connectivity index (χ3v) is 4.22. The molecule has 0 aromatic heterocycles. The topological polar surface area (TPSA) is 64.6 Å². The van der Waals surface area contributed by atoms with Crippen LogP contribution in [0.25, 0.3) is 0 Å². The molecule has 0 spiro atoms. The minimum Gasteiger partial charge on any atom is -0.393 e. The average molecular weight is 345 g/mol. The minimum absolute atomic E-state index is 0.0473. The molecule has 0 aliphatic heterocycles. The van der Waals surface area contributed by atoms with Crippen molar-refractivity contribution in [1.29, 1.82) is 0 Å². The number of anilines is 2. The Labute approximate surface area is 138 Å². The summed E-state index contributed by atoms with van der Waals surface area (Å²) in [6.45, 7) is 0.240. The van der Waals surface area contributed by atoms with Crippen LogP contribution in [0, 0.1) is 5.92 Å². The number of alkyl halides is 3. The van der Waals surface area contributed by atoms with Crippen LogP contribution in [0.15, 0.2) is 18.2 Å². The fourth-order valence-electron chi connectivity index (χ4n) is 2.80. The molecule has 1 fully saturated rings. The SMILES string of the molecule is CN(C)c1ccc(NC(=O)NC[C@H]2CCC[C@H]2O)c(C(F)(F)F)c1. The van der Waals surface area contributed by atoms with E-state index < -0.39 is 23.9 Å². The molecule has 24 heavy (non-hydrogen) atoms. The number of carbonyl (C=O) groups is 1. The molecular weight excluding hydrogens is 323 g/mol. The number of carbonyl (C=O) groups excluding carboxylic acids is 1. The number of hydrogen-bond donors (Lipinski definition) is 3. The molecule has 2 amide bonds. The average Bonchev–Trinajstić information content (AvgIpc) is 2.89. The van der Waals surface area contributed by atoms with Crippen LogP contribution in [0.4, 0.5) is 29.3 Å². The van der Waals surface area contributed by atoms with Crippen molar-refractivity contribution in [3.8, 4) is 0 Å². The third kappa shape index (κ3) is 4.53. The van der Waals surface area contributed by atoms with E-state index in [0.29, 0.717) is 12.1 Å². The van der Waals surface area contributed by atoms with Gasteiger partial charge in [0.25, 0.3) is 0 Å². The number of nitrogens with one attached hydrogen (secondary N) is 2. The van der Waals surface area contributed by atoms with E-state index in [0.717, 1.165) is 18.9 Å². The van der Waals surface area contributed by atoms with Crippen LogP contribution in [0.1, 0.15) is 24.8 Å². The van der Waals surface area contributed by atoms with Crippen molar-refractivity contribution in [3.63, 3.8) is 0 Å². The molecule has 2 rings (SSSR count). The normalized spacial score (nSPS) is 20.8. The largest absolute Gasteiger partial charge is 0.418 e. The maximum absolute atomic E-state index is 13.2. The Balaban J connectivity index is 2.06. The van der Waals surface area contributed by atoms with Gasteiger partial charge in [0.1, 0.15) is 0 Å². The van der Waals surface area contributed by atoms with E-state index in [9.17, 15) is 23.1 Å². The number of aliphatic hydroxyl groups excluding tert-OH is 1. The lowest BCUT2D eigenvalue weighted by Gasteiger charge is -2.19. The molecule has 1 aliphatic rings. The van der Waals surface area contributed by atoms with Gasteiger partial charge in [0.15, 0.2) is 0 Å². The lowest BCUT2D eigenvalue weighted by Crippen LogP contribution is -2.35. The Morgan fingerprint density at radius 1 is 1.33 bits per heavy atom. The molecule has 5 nitrogen and oxygen atoms in total. The van der Waals surface area contributed by atoms with Crippen molar-refractivity contribution in [3.05, 3.63) is 23.8 Å². The van der Waals surface area contributed by atoms with E-state index in [1.54, 1.807) is 19.0 Å². The highest BCUT2D eigenvalue weighted by molar-refractivity contribution is 5.90. The van der Waals surface area contributed by atoms with Gasteiger partial charge in [0.05, 0.1) is 17.4 Å². The van der Waals surface area contributed by atoms with Crippen LogP contribution in [0.3, 0.4) is 0 Å². The lowest BCUT2D eigenvalue weighted by atomic mass is 10.1. The standard InChI is InChI=1S/C16H22F3N3O2/c1-22(2)11-6-7-13(12(8-11)16(17,18)19)21-15(24)20-9-10-4-3-5-14(10)23/h6-8,10,14,23H,3-5,9H2,1-2H3,(H2,20,21,24)/t10-,14-/m1/s1. The summed E-state index contributed by atoms with van der Waals surface area (Å²) in [5, 5.41) is 14.5. The second-order valence-corrected chi connectivity index (χ2v) is 6.22. The van der Waals surface area contributed by atoms with Crippen molar-refractivity contribution < 1.29 is 23.1 Å². The molecule has 0 saturated heterocycles. The maximum atomic E-state index is 13.2. The second-order valence-electron chi connectivity index (χ2n) is 6.22. The summed E-state index contributed by atoms with van der Waals surface area (Å²) in [6, 6.07) is 3.03. The Kier molecular flexibility index (Phi) is 5.58. The van der Waals surface area contributed by atoms with Crippen LogP contribution in [-0.4, -0.2) is 37.9 Å². The molecule has 1 aromatic rings. The van der Waals surface area contributed by atoms with E-state index in [-0.39, 0.29) is 18.2 Å². The van der Waals surface area contributed by atoms with E-state index in [1.165, 1.54) is 12.1 Å². The van der Waals surface area contributed by atoms with Crippen molar-refractivity contribution in [2.45, 2.75) is 31.5 Å². The zero-order chi connectivity index (χ0) is 17.9. The van der Waals surface area contributed by atoms with E-state index in [1.807, 2.05) is 0 Å². The van der Waals surface area contributed by atoms with Gasteiger partial charge in [0, 0.05) is 32.2 Å². The van der Waals surface area contributed by atoms with Crippen LogP contribution in [-0.2, 0) is 6.18 Å². The molecule has 1 aliphatic carbocycles. The van der Waals surface area contributed by atoms with Gasteiger partial charge in [-0.05, 0) is 31.0 Å². The number of urea groups is 1. The second kappa shape index (κ2) is 7.29.